The predicted octanol–water partition coefficient (Wildman–Crippen LogP) is 5.23. The Labute approximate surface area is 175 Å². The molecule has 0 saturated heterocycles. The van der Waals surface area contributed by atoms with E-state index in [9.17, 15) is 9.59 Å². The third-order valence-corrected chi connectivity index (χ3v) is 5.05. The largest absolute Gasteiger partial charge is 0.322 e. The van der Waals surface area contributed by atoms with Crippen molar-refractivity contribution in [3.8, 4) is 0 Å². The van der Waals surface area contributed by atoms with Gasteiger partial charge in [-0.15, -0.1) is 0 Å². The van der Waals surface area contributed by atoms with E-state index in [4.69, 9.17) is 0 Å². The van der Waals surface area contributed by atoms with Gasteiger partial charge >= 0.3 is 0 Å². The highest BCUT2D eigenvalue weighted by Crippen LogP contribution is 2.16. The number of pyridine rings is 1. The molecule has 0 aliphatic heterocycles. The molecule has 4 heteroatoms. The Hall–Kier alpha value is -3.79. The summed E-state index contributed by atoms with van der Waals surface area (Å²) in [5.74, 6) is 0.0598. The number of aromatic nitrogens is 1. The molecule has 0 bridgehead atoms. The summed E-state index contributed by atoms with van der Waals surface area (Å²) in [6, 6.07) is 24.8. The standard InChI is InChI=1S/C26H22N2O2/c29-25(17-20-8-12-23-18-27-15-14-22(23)16-20)13-9-19-6-10-21(11-7-19)26(30)28-24-4-2-1-3-5-24/h1-8,10-12,14-16,18H,9,13,17H2,(H,28,30). The van der Waals surface area contributed by atoms with Crippen LogP contribution in [0.25, 0.3) is 10.8 Å². The minimum Gasteiger partial charge on any atom is -0.322 e. The molecule has 1 N–H and O–H groups in total. The molecule has 1 heterocycles. The number of fused-ring (bicyclic) bond motifs is 1. The van der Waals surface area contributed by atoms with Crippen LogP contribution >= 0.6 is 0 Å². The molecule has 4 nitrogen and oxygen atoms in total. The summed E-state index contributed by atoms with van der Waals surface area (Å²) < 4.78 is 0. The Morgan fingerprint density at radius 1 is 0.800 bits per heavy atom. The highest BCUT2D eigenvalue weighted by atomic mass is 16.1. The molecule has 0 unspecified atom stereocenters. The molecule has 1 amide bonds. The molecule has 0 radical (unpaired) electrons. The molecule has 0 saturated carbocycles. The van der Waals surface area contributed by atoms with Gasteiger partial charge in [0, 0.05) is 41.9 Å². The van der Waals surface area contributed by atoms with Crippen molar-refractivity contribution in [2.75, 3.05) is 5.32 Å². The number of nitrogens with one attached hydrogen (secondary N) is 1. The molecule has 0 aliphatic rings. The van der Waals surface area contributed by atoms with Crippen LogP contribution in [0.3, 0.4) is 0 Å². The second-order valence-corrected chi connectivity index (χ2v) is 7.29. The maximum absolute atomic E-state index is 12.4. The van der Waals surface area contributed by atoms with Crippen LogP contribution in [0.4, 0.5) is 5.69 Å². The van der Waals surface area contributed by atoms with Gasteiger partial charge in [0.15, 0.2) is 0 Å². The molecule has 148 valence electrons. The number of Topliss-reactive ketones (excluding diaryl/α,β-unsaturated/α-hetero) is 1. The summed E-state index contributed by atoms with van der Waals surface area (Å²) in [7, 11) is 0. The number of amides is 1. The zero-order valence-corrected chi connectivity index (χ0v) is 16.5. The van der Waals surface area contributed by atoms with Gasteiger partial charge in [-0.25, -0.2) is 0 Å². The van der Waals surface area contributed by atoms with E-state index in [-0.39, 0.29) is 11.7 Å². The molecular weight excluding hydrogens is 372 g/mol. The van der Waals surface area contributed by atoms with E-state index in [1.165, 1.54) is 0 Å². The number of anilines is 1. The van der Waals surface area contributed by atoms with Crippen molar-refractivity contribution in [3.05, 3.63) is 108 Å². The van der Waals surface area contributed by atoms with E-state index in [1.54, 1.807) is 18.3 Å². The van der Waals surface area contributed by atoms with Crippen LogP contribution in [0.15, 0.2) is 91.3 Å². The maximum Gasteiger partial charge on any atom is 0.255 e. The first-order chi connectivity index (χ1) is 14.7. The maximum atomic E-state index is 12.4. The van der Waals surface area contributed by atoms with Gasteiger partial charge in [0.25, 0.3) is 5.91 Å². The van der Waals surface area contributed by atoms with Gasteiger partial charge in [-0.3, -0.25) is 14.6 Å². The number of aryl methyl sites for hydroxylation is 1. The van der Waals surface area contributed by atoms with E-state index < -0.39 is 0 Å². The zero-order valence-electron chi connectivity index (χ0n) is 16.5. The van der Waals surface area contributed by atoms with E-state index >= 15 is 0 Å². The average molecular weight is 394 g/mol. The Balaban J connectivity index is 1.31. The minimum absolute atomic E-state index is 0.143. The van der Waals surface area contributed by atoms with Crippen LogP contribution in [0, 0.1) is 0 Å². The van der Waals surface area contributed by atoms with Gasteiger partial charge in [-0.1, -0.05) is 48.5 Å². The van der Waals surface area contributed by atoms with Crippen molar-refractivity contribution in [3.63, 3.8) is 0 Å². The molecule has 4 rings (SSSR count). The summed E-state index contributed by atoms with van der Waals surface area (Å²) in [5, 5.41) is 5.04. The third-order valence-electron chi connectivity index (χ3n) is 5.05. The van der Waals surface area contributed by atoms with Gasteiger partial charge in [0.2, 0.25) is 0 Å². The number of rotatable bonds is 7. The quantitative estimate of drug-likeness (QED) is 0.467. The van der Waals surface area contributed by atoms with Gasteiger partial charge in [0.05, 0.1) is 0 Å². The smallest absolute Gasteiger partial charge is 0.255 e. The first-order valence-corrected chi connectivity index (χ1v) is 9.97. The lowest BCUT2D eigenvalue weighted by Gasteiger charge is -2.07. The van der Waals surface area contributed by atoms with Crippen LogP contribution in [0.5, 0.6) is 0 Å². The highest BCUT2D eigenvalue weighted by molar-refractivity contribution is 6.04. The van der Waals surface area contributed by atoms with Crippen molar-refractivity contribution in [1.29, 1.82) is 0 Å². The van der Waals surface area contributed by atoms with Gasteiger partial charge in [0.1, 0.15) is 5.78 Å². The van der Waals surface area contributed by atoms with Gasteiger partial charge in [-0.05, 0) is 53.3 Å². The SMILES string of the molecule is O=C(CCc1ccc(C(=O)Nc2ccccc2)cc1)Cc1ccc2cnccc2c1. The van der Waals surface area contributed by atoms with Gasteiger partial charge < -0.3 is 5.32 Å². The molecule has 1 aromatic heterocycles. The van der Waals surface area contributed by atoms with E-state index in [0.717, 1.165) is 27.6 Å². The van der Waals surface area contributed by atoms with Crippen molar-refractivity contribution >= 4 is 28.2 Å². The molecule has 0 aliphatic carbocycles. The highest BCUT2D eigenvalue weighted by Gasteiger charge is 2.08. The monoisotopic (exact) mass is 394 g/mol. The molecule has 0 atom stereocenters. The van der Waals surface area contributed by atoms with E-state index in [1.807, 2.05) is 66.9 Å². The second-order valence-electron chi connectivity index (χ2n) is 7.29. The number of hydrogen-bond acceptors (Lipinski definition) is 3. The molecule has 0 fully saturated rings. The first-order valence-electron chi connectivity index (χ1n) is 9.97. The van der Waals surface area contributed by atoms with Gasteiger partial charge in [-0.2, -0.15) is 0 Å². The van der Waals surface area contributed by atoms with E-state index in [0.29, 0.717) is 24.8 Å². The summed E-state index contributed by atoms with van der Waals surface area (Å²) in [5.41, 5.74) is 3.43. The lowest BCUT2D eigenvalue weighted by molar-refractivity contribution is -0.118. The normalized spacial score (nSPS) is 10.7. The first kappa shape index (κ1) is 19.5. The zero-order chi connectivity index (χ0) is 20.8. The Morgan fingerprint density at radius 2 is 1.57 bits per heavy atom. The average Bonchev–Trinajstić information content (AvgIpc) is 2.78. The fourth-order valence-electron chi connectivity index (χ4n) is 3.39. The lowest BCUT2D eigenvalue weighted by Crippen LogP contribution is -2.11. The number of hydrogen-bond donors (Lipinski definition) is 1. The lowest BCUT2D eigenvalue weighted by atomic mass is 10.00. The second kappa shape index (κ2) is 9.14. The summed E-state index contributed by atoms with van der Waals surface area (Å²) in [6.07, 6.45) is 5.15. The van der Waals surface area contributed by atoms with Crippen LogP contribution in [0.2, 0.25) is 0 Å². The van der Waals surface area contributed by atoms with Crippen molar-refractivity contribution in [2.24, 2.45) is 0 Å². The Kier molecular flexibility index (Phi) is 5.95. The van der Waals surface area contributed by atoms with Crippen LogP contribution in [-0.2, 0) is 17.6 Å². The minimum atomic E-state index is -0.143. The fourth-order valence-corrected chi connectivity index (χ4v) is 3.39. The third kappa shape index (κ3) is 4.97. The molecule has 4 aromatic rings. The number of benzene rings is 3. The van der Waals surface area contributed by atoms with Crippen molar-refractivity contribution in [1.82, 2.24) is 4.98 Å². The molecule has 30 heavy (non-hydrogen) atoms. The van der Waals surface area contributed by atoms with Crippen molar-refractivity contribution < 1.29 is 9.59 Å². The molecule has 0 spiro atoms. The fraction of sp³-hybridized carbons (Fsp3) is 0.115. The summed E-state index contributed by atoms with van der Waals surface area (Å²) >= 11 is 0. The molecule has 3 aromatic carbocycles. The summed E-state index contributed by atoms with van der Waals surface area (Å²) in [4.78, 5) is 28.9. The summed E-state index contributed by atoms with van der Waals surface area (Å²) in [6.45, 7) is 0. The number of ketones is 1. The van der Waals surface area contributed by atoms with Crippen LogP contribution in [0.1, 0.15) is 27.9 Å². The van der Waals surface area contributed by atoms with Crippen LogP contribution in [-0.4, -0.2) is 16.7 Å². The number of nitrogens with zero attached hydrogens (tertiary/aromatic N) is 1. The number of para-hydroxylation sites is 1. The van der Waals surface area contributed by atoms with E-state index in [2.05, 4.69) is 16.4 Å². The predicted molar refractivity (Wildman–Crippen MR) is 120 cm³/mol. The van der Waals surface area contributed by atoms with Crippen LogP contribution < -0.4 is 5.32 Å². The number of carbonyl (C=O) groups excluding carboxylic acids is 2. The Morgan fingerprint density at radius 3 is 2.37 bits per heavy atom. The van der Waals surface area contributed by atoms with Crippen molar-refractivity contribution in [2.45, 2.75) is 19.3 Å². The number of carbonyl (C=O) groups is 2. The Bertz CT molecular complexity index is 1170. The molecular formula is C26H22N2O2. The topological polar surface area (TPSA) is 59.1 Å².